The van der Waals surface area contributed by atoms with Crippen LogP contribution in [0.3, 0.4) is 0 Å². The summed E-state index contributed by atoms with van der Waals surface area (Å²) in [7, 11) is 0. The summed E-state index contributed by atoms with van der Waals surface area (Å²) < 4.78 is 37.1. The average Bonchev–Trinajstić information content (AvgIpc) is 2.53. The summed E-state index contributed by atoms with van der Waals surface area (Å²) in [5.74, 6) is -3.22. The monoisotopic (exact) mass is 337 g/mol. The molecular formula is C13H18F3N3O4. The van der Waals surface area contributed by atoms with Crippen molar-refractivity contribution in [2.24, 2.45) is 5.92 Å². The maximum Gasteiger partial charge on any atom is 0.471 e. The van der Waals surface area contributed by atoms with Crippen molar-refractivity contribution in [1.29, 1.82) is 0 Å². The SMILES string of the molecule is O=C(O)C1CCN(C(=O)N2CCN(C(=O)C(F)(F)F)CC2)CC1. The lowest BCUT2D eigenvalue weighted by Crippen LogP contribution is -2.56. The van der Waals surface area contributed by atoms with E-state index in [0.29, 0.717) is 30.8 Å². The molecule has 2 saturated heterocycles. The predicted octanol–water partition coefficient (Wildman–Crippen LogP) is 0.609. The van der Waals surface area contributed by atoms with E-state index in [1.165, 1.54) is 9.80 Å². The lowest BCUT2D eigenvalue weighted by atomic mass is 9.97. The van der Waals surface area contributed by atoms with E-state index in [-0.39, 0.29) is 32.2 Å². The quantitative estimate of drug-likeness (QED) is 0.760. The van der Waals surface area contributed by atoms with Gasteiger partial charge in [0.1, 0.15) is 0 Å². The van der Waals surface area contributed by atoms with Crippen molar-refractivity contribution in [3.63, 3.8) is 0 Å². The molecule has 1 N–H and O–H groups in total. The molecule has 2 rings (SSSR count). The molecule has 10 heteroatoms. The Bertz CT molecular complexity index is 481. The number of urea groups is 1. The minimum atomic E-state index is -4.90. The molecule has 0 aromatic heterocycles. The minimum Gasteiger partial charge on any atom is -0.481 e. The summed E-state index contributed by atoms with van der Waals surface area (Å²) in [6.07, 6.45) is -4.16. The predicted molar refractivity (Wildman–Crippen MR) is 71.5 cm³/mol. The highest BCUT2D eigenvalue weighted by Gasteiger charge is 2.43. The van der Waals surface area contributed by atoms with Crippen LogP contribution in [0.25, 0.3) is 0 Å². The van der Waals surface area contributed by atoms with Crippen LogP contribution < -0.4 is 0 Å². The molecule has 0 unspecified atom stereocenters. The van der Waals surface area contributed by atoms with Gasteiger partial charge in [-0.25, -0.2) is 4.79 Å². The summed E-state index contributed by atoms with van der Waals surface area (Å²) in [5.41, 5.74) is 0. The number of nitrogens with zero attached hydrogens (tertiary/aromatic N) is 3. The lowest BCUT2D eigenvalue weighted by Gasteiger charge is -2.39. The molecule has 2 fully saturated rings. The second kappa shape index (κ2) is 6.63. The molecule has 0 spiro atoms. The van der Waals surface area contributed by atoms with Crippen molar-refractivity contribution in [3.05, 3.63) is 0 Å². The van der Waals surface area contributed by atoms with E-state index in [1.807, 2.05) is 0 Å². The number of piperazine rings is 1. The summed E-state index contributed by atoms with van der Waals surface area (Å²) in [5, 5.41) is 8.92. The van der Waals surface area contributed by atoms with E-state index in [4.69, 9.17) is 5.11 Å². The third kappa shape index (κ3) is 4.05. The smallest absolute Gasteiger partial charge is 0.471 e. The number of amides is 3. The number of hydrogen-bond donors (Lipinski definition) is 1. The van der Waals surface area contributed by atoms with E-state index in [1.54, 1.807) is 0 Å². The van der Waals surface area contributed by atoms with Crippen molar-refractivity contribution in [3.8, 4) is 0 Å². The number of carboxylic acid groups (broad SMARTS) is 1. The topological polar surface area (TPSA) is 81.2 Å². The number of alkyl halides is 3. The molecule has 0 aromatic rings. The number of carbonyl (C=O) groups excluding carboxylic acids is 2. The molecule has 7 nitrogen and oxygen atoms in total. The van der Waals surface area contributed by atoms with Gasteiger partial charge in [-0.05, 0) is 12.8 Å². The van der Waals surface area contributed by atoms with Crippen LogP contribution in [0.15, 0.2) is 0 Å². The lowest BCUT2D eigenvalue weighted by molar-refractivity contribution is -0.186. The molecule has 23 heavy (non-hydrogen) atoms. The van der Waals surface area contributed by atoms with Crippen molar-refractivity contribution in [2.45, 2.75) is 19.0 Å². The highest BCUT2D eigenvalue weighted by atomic mass is 19.4. The fourth-order valence-electron chi connectivity index (χ4n) is 2.80. The van der Waals surface area contributed by atoms with Crippen molar-refractivity contribution < 1.29 is 32.7 Å². The highest BCUT2D eigenvalue weighted by Crippen LogP contribution is 2.21. The Morgan fingerprint density at radius 1 is 0.826 bits per heavy atom. The molecule has 130 valence electrons. The number of rotatable bonds is 1. The molecule has 2 heterocycles. The first-order valence-corrected chi connectivity index (χ1v) is 7.33. The second-order valence-corrected chi connectivity index (χ2v) is 5.66. The van der Waals surface area contributed by atoms with Crippen LogP contribution in [0.4, 0.5) is 18.0 Å². The van der Waals surface area contributed by atoms with Gasteiger partial charge in [-0.15, -0.1) is 0 Å². The molecule has 0 saturated carbocycles. The van der Waals surface area contributed by atoms with Crippen LogP contribution >= 0.6 is 0 Å². The largest absolute Gasteiger partial charge is 0.481 e. The standard InChI is InChI=1S/C13H18F3N3O4/c14-13(15,16)11(22)17-5-7-19(8-6-17)12(23)18-3-1-9(2-4-18)10(20)21/h9H,1-8H2,(H,20,21). The van der Waals surface area contributed by atoms with Gasteiger partial charge in [0.05, 0.1) is 5.92 Å². The Morgan fingerprint density at radius 3 is 1.70 bits per heavy atom. The fourth-order valence-corrected chi connectivity index (χ4v) is 2.80. The Kier molecular flexibility index (Phi) is 5.00. The summed E-state index contributed by atoms with van der Waals surface area (Å²) in [4.78, 5) is 37.9. The molecule has 2 aliphatic heterocycles. The van der Waals surface area contributed by atoms with Crippen LogP contribution in [-0.2, 0) is 9.59 Å². The number of piperidine rings is 1. The van der Waals surface area contributed by atoms with Gasteiger partial charge in [0.25, 0.3) is 0 Å². The number of carboxylic acids is 1. The van der Waals surface area contributed by atoms with Crippen LogP contribution in [-0.4, -0.2) is 83.2 Å². The van der Waals surface area contributed by atoms with Gasteiger partial charge in [-0.1, -0.05) is 0 Å². The zero-order valence-electron chi connectivity index (χ0n) is 12.4. The molecule has 0 aromatic carbocycles. The van der Waals surface area contributed by atoms with E-state index in [0.717, 1.165) is 0 Å². The maximum atomic E-state index is 12.4. The number of likely N-dealkylation sites (tertiary alicyclic amines) is 1. The molecule has 0 aliphatic carbocycles. The molecule has 0 radical (unpaired) electrons. The maximum absolute atomic E-state index is 12.4. The summed E-state index contributed by atoms with van der Waals surface area (Å²) >= 11 is 0. The van der Waals surface area contributed by atoms with Crippen molar-refractivity contribution in [1.82, 2.24) is 14.7 Å². The molecule has 3 amide bonds. The summed E-state index contributed by atoms with van der Waals surface area (Å²) in [6, 6.07) is -0.312. The molecule has 0 atom stereocenters. The Balaban J connectivity index is 1.83. The first kappa shape index (κ1) is 17.4. The third-order valence-electron chi connectivity index (χ3n) is 4.19. The number of hydrogen-bond acceptors (Lipinski definition) is 3. The van der Waals surface area contributed by atoms with Gasteiger partial charge in [-0.2, -0.15) is 13.2 Å². The first-order chi connectivity index (χ1) is 10.7. The van der Waals surface area contributed by atoms with Gasteiger partial charge < -0.3 is 19.8 Å². The Morgan fingerprint density at radius 2 is 1.26 bits per heavy atom. The van der Waals surface area contributed by atoms with Crippen molar-refractivity contribution >= 4 is 17.9 Å². The van der Waals surface area contributed by atoms with Gasteiger partial charge in [0.15, 0.2) is 0 Å². The minimum absolute atomic E-state index is 0.0412. The van der Waals surface area contributed by atoms with Gasteiger partial charge in [0.2, 0.25) is 0 Å². The van der Waals surface area contributed by atoms with Crippen molar-refractivity contribution in [2.75, 3.05) is 39.3 Å². The first-order valence-electron chi connectivity index (χ1n) is 7.33. The van der Waals surface area contributed by atoms with Crippen LogP contribution in [0.2, 0.25) is 0 Å². The van der Waals surface area contributed by atoms with Crippen LogP contribution in [0, 0.1) is 5.92 Å². The normalized spacial score (nSPS) is 20.6. The van der Waals surface area contributed by atoms with Crippen LogP contribution in [0.5, 0.6) is 0 Å². The van der Waals surface area contributed by atoms with Gasteiger partial charge >= 0.3 is 24.1 Å². The van der Waals surface area contributed by atoms with Gasteiger partial charge in [-0.3, -0.25) is 9.59 Å². The number of aliphatic carboxylic acids is 1. The fraction of sp³-hybridized carbons (Fsp3) is 0.769. The second-order valence-electron chi connectivity index (χ2n) is 5.66. The molecular weight excluding hydrogens is 319 g/mol. The number of carbonyl (C=O) groups is 3. The third-order valence-corrected chi connectivity index (χ3v) is 4.19. The average molecular weight is 337 g/mol. The number of halogens is 3. The molecule has 0 bridgehead atoms. The molecule has 2 aliphatic rings. The zero-order chi connectivity index (χ0) is 17.2. The van der Waals surface area contributed by atoms with Gasteiger partial charge in [0, 0.05) is 39.3 Å². The Hall–Kier alpha value is -2.00. The van der Waals surface area contributed by atoms with E-state index in [2.05, 4.69) is 0 Å². The van der Waals surface area contributed by atoms with E-state index >= 15 is 0 Å². The van der Waals surface area contributed by atoms with E-state index in [9.17, 15) is 27.6 Å². The zero-order valence-corrected chi connectivity index (χ0v) is 12.4. The summed E-state index contributed by atoms with van der Waals surface area (Å²) in [6.45, 7) is 0.402. The van der Waals surface area contributed by atoms with E-state index < -0.39 is 24.0 Å². The Labute approximate surface area is 130 Å². The van der Waals surface area contributed by atoms with Crippen LogP contribution in [0.1, 0.15) is 12.8 Å². The highest BCUT2D eigenvalue weighted by molar-refractivity contribution is 5.82.